The molecule has 236 valence electrons. The van der Waals surface area contributed by atoms with Gasteiger partial charge < -0.3 is 24.4 Å². The zero-order valence-electron chi connectivity index (χ0n) is 25.7. The van der Waals surface area contributed by atoms with Crippen LogP contribution in [0.3, 0.4) is 0 Å². The molecule has 0 spiro atoms. The van der Waals surface area contributed by atoms with Gasteiger partial charge in [-0.2, -0.15) is 20.0 Å². The highest BCUT2D eigenvalue weighted by molar-refractivity contribution is 6.34. The third kappa shape index (κ3) is 5.87. The highest BCUT2D eigenvalue weighted by Gasteiger charge is 2.41. The molecule has 2 aliphatic heterocycles. The normalized spacial score (nSPS) is 17.9. The summed E-state index contributed by atoms with van der Waals surface area (Å²) in [5, 5.41) is 27.8. The molecule has 0 unspecified atom stereocenters. The SMILES string of the molecule is COc1ccc(CN(c2nc(Nc3cc(C#N)cc(OC4CCN(C5(C)COC5)CC4)c3Cl)nn3c(C#N)cnc23)C2CC2)cc1. The van der Waals surface area contributed by atoms with E-state index < -0.39 is 0 Å². The summed E-state index contributed by atoms with van der Waals surface area (Å²) in [5.74, 6) is 2.02. The third-order valence-corrected chi connectivity index (χ3v) is 9.36. The lowest BCUT2D eigenvalue weighted by atomic mass is 9.94. The van der Waals surface area contributed by atoms with Crippen molar-refractivity contribution in [2.24, 2.45) is 0 Å². The number of methoxy groups -OCH3 is 1. The maximum Gasteiger partial charge on any atom is 0.247 e. The largest absolute Gasteiger partial charge is 0.497 e. The number of ether oxygens (including phenoxy) is 3. The van der Waals surface area contributed by atoms with Crippen molar-refractivity contribution < 1.29 is 14.2 Å². The minimum absolute atomic E-state index is 0.0338. The molecule has 1 aliphatic carbocycles. The number of halogens is 1. The highest BCUT2D eigenvalue weighted by Crippen LogP contribution is 2.39. The zero-order valence-corrected chi connectivity index (χ0v) is 26.5. The van der Waals surface area contributed by atoms with Crippen molar-refractivity contribution in [3.05, 3.63) is 64.4 Å². The average molecular weight is 640 g/mol. The second kappa shape index (κ2) is 12.3. The van der Waals surface area contributed by atoms with Gasteiger partial charge in [0.2, 0.25) is 5.95 Å². The van der Waals surface area contributed by atoms with E-state index in [2.05, 4.69) is 44.3 Å². The van der Waals surface area contributed by atoms with E-state index in [9.17, 15) is 10.5 Å². The molecule has 3 fully saturated rings. The minimum atomic E-state index is -0.0338. The van der Waals surface area contributed by atoms with Crippen LogP contribution in [0.5, 0.6) is 11.5 Å². The number of nitrogens with one attached hydrogen (secondary N) is 1. The van der Waals surface area contributed by atoms with E-state index in [1.807, 2.05) is 24.3 Å². The summed E-state index contributed by atoms with van der Waals surface area (Å²) in [6.45, 7) is 6.15. The van der Waals surface area contributed by atoms with E-state index in [1.54, 1.807) is 19.2 Å². The van der Waals surface area contributed by atoms with Crippen LogP contribution in [0.4, 0.5) is 17.5 Å². The molecule has 2 aromatic heterocycles. The highest BCUT2D eigenvalue weighted by atomic mass is 35.5. The Morgan fingerprint density at radius 3 is 2.50 bits per heavy atom. The Labute approximate surface area is 272 Å². The van der Waals surface area contributed by atoms with Gasteiger partial charge in [-0.1, -0.05) is 23.7 Å². The fraction of sp³-hybridized carbons (Fsp3) is 0.424. The van der Waals surface area contributed by atoms with Crippen LogP contribution in [0.2, 0.25) is 5.02 Å². The first-order valence-corrected chi connectivity index (χ1v) is 15.8. The first-order valence-electron chi connectivity index (χ1n) is 15.4. The lowest BCUT2D eigenvalue weighted by Crippen LogP contribution is -2.62. The third-order valence-electron chi connectivity index (χ3n) is 8.97. The van der Waals surface area contributed by atoms with Crippen LogP contribution >= 0.6 is 11.6 Å². The topological polar surface area (TPSA) is 137 Å². The second-order valence-corrected chi connectivity index (χ2v) is 12.7. The Bertz CT molecular complexity index is 1830. The molecule has 0 atom stereocenters. The van der Waals surface area contributed by atoms with E-state index in [0.717, 1.165) is 63.3 Å². The molecule has 13 heteroatoms. The molecule has 7 rings (SSSR count). The van der Waals surface area contributed by atoms with Gasteiger partial charge in [-0.25, -0.2) is 4.98 Å². The van der Waals surface area contributed by atoms with Crippen molar-refractivity contribution in [2.45, 2.75) is 56.8 Å². The smallest absolute Gasteiger partial charge is 0.247 e. The standard InChI is InChI=1S/C33H34ClN9O3/c1-33(19-45-20-33)41-11-9-26(10-12-41)46-28-14-22(15-35)13-27(29(28)34)38-32-39-31(30-37-17-24(16-36)43(30)40-32)42(23-5-6-23)18-21-3-7-25(44-2)8-4-21/h3-4,7-8,13-14,17,23,26H,5-6,9-12,18-20H2,1-2H3,(H,38,40). The Morgan fingerprint density at radius 1 is 1.11 bits per heavy atom. The van der Waals surface area contributed by atoms with Gasteiger partial charge >= 0.3 is 0 Å². The molecule has 0 amide bonds. The molecule has 1 saturated carbocycles. The number of fused-ring (bicyclic) bond motifs is 1. The summed E-state index contributed by atoms with van der Waals surface area (Å²) in [5.41, 5.74) is 2.76. The van der Waals surface area contributed by atoms with Gasteiger partial charge in [0.15, 0.2) is 17.2 Å². The first-order chi connectivity index (χ1) is 22.4. The molecule has 46 heavy (non-hydrogen) atoms. The molecule has 12 nitrogen and oxygen atoms in total. The van der Waals surface area contributed by atoms with E-state index >= 15 is 0 Å². The van der Waals surface area contributed by atoms with E-state index in [0.29, 0.717) is 40.0 Å². The van der Waals surface area contributed by atoms with Crippen LogP contribution in [-0.2, 0) is 11.3 Å². The molecular weight excluding hydrogens is 606 g/mol. The van der Waals surface area contributed by atoms with Crippen molar-refractivity contribution in [2.75, 3.05) is 43.6 Å². The number of aromatic nitrogens is 4. The van der Waals surface area contributed by atoms with Crippen LogP contribution in [-0.4, -0.2) is 75.6 Å². The minimum Gasteiger partial charge on any atom is -0.497 e. The van der Waals surface area contributed by atoms with Crippen LogP contribution in [0, 0.1) is 22.7 Å². The Balaban J connectivity index is 1.18. The van der Waals surface area contributed by atoms with Gasteiger partial charge in [0.05, 0.1) is 49.4 Å². The number of imidazole rings is 1. The monoisotopic (exact) mass is 639 g/mol. The average Bonchev–Trinajstić information content (AvgIpc) is 3.83. The van der Waals surface area contributed by atoms with Crippen molar-refractivity contribution in [3.8, 4) is 23.6 Å². The molecule has 2 aromatic carbocycles. The van der Waals surface area contributed by atoms with Crippen LogP contribution < -0.4 is 19.7 Å². The lowest BCUT2D eigenvalue weighted by molar-refractivity contribution is -0.140. The van der Waals surface area contributed by atoms with E-state index in [4.69, 9.17) is 30.8 Å². The number of nitrogens with zero attached hydrogens (tertiary/aromatic N) is 8. The molecule has 0 radical (unpaired) electrons. The second-order valence-electron chi connectivity index (χ2n) is 12.3. The van der Waals surface area contributed by atoms with E-state index in [-0.39, 0.29) is 29.3 Å². The fourth-order valence-electron chi connectivity index (χ4n) is 6.11. The number of benzene rings is 2. The van der Waals surface area contributed by atoms with Crippen LogP contribution in [0.25, 0.3) is 5.65 Å². The number of piperidine rings is 1. The van der Waals surface area contributed by atoms with Gasteiger partial charge in [0, 0.05) is 25.7 Å². The quantitative estimate of drug-likeness (QED) is 0.249. The number of rotatable bonds is 10. The number of anilines is 3. The number of nitriles is 2. The molecule has 4 aromatic rings. The summed E-state index contributed by atoms with van der Waals surface area (Å²) < 4.78 is 18.7. The molecule has 2 saturated heterocycles. The van der Waals surface area contributed by atoms with Crippen molar-refractivity contribution >= 4 is 34.7 Å². The maximum atomic E-state index is 9.86. The van der Waals surface area contributed by atoms with Gasteiger partial charge in [-0.3, -0.25) is 4.90 Å². The molecule has 4 heterocycles. The van der Waals surface area contributed by atoms with Gasteiger partial charge in [0.25, 0.3) is 0 Å². The molecule has 1 N–H and O–H groups in total. The first kappa shape index (κ1) is 30.1. The molecule has 3 aliphatic rings. The van der Waals surface area contributed by atoms with Gasteiger partial charge in [-0.05, 0) is 62.4 Å². The summed E-state index contributed by atoms with van der Waals surface area (Å²) in [7, 11) is 1.64. The Kier molecular flexibility index (Phi) is 8.03. The Hall–Kier alpha value is -4.62. The van der Waals surface area contributed by atoms with Crippen molar-refractivity contribution in [1.82, 2.24) is 24.5 Å². The summed E-state index contributed by atoms with van der Waals surface area (Å²) in [4.78, 5) is 14.1. The van der Waals surface area contributed by atoms with Gasteiger partial charge in [-0.15, -0.1) is 5.10 Å². The van der Waals surface area contributed by atoms with Crippen molar-refractivity contribution in [1.29, 1.82) is 10.5 Å². The van der Waals surface area contributed by atoms with Gasteiger partial charge in [0.1, 0.15) is 28.7 Å². The number of hydrogen-bond acceptors (Lipinski definition) is 11. The van der Waals surface area contributed by atoms with Crippen molar-refractivity contribution in [3.63, 3.8) is 0 Å². The summed E-state index contributed by atoms with van der Waals surface area (Å²) in [6.07, 6.45) is 5.19. The predicted molar refractivity (Wildman–Crippen MR) is 172 cm³/mol. The fourth-order valence-corrected chi connectivity index (χ4v) is 6.31. The summed E-state index contributed by atoms with van der Waals surface area (Å²) >= 11 is 6.92. The molecular formula is C33H34ClN9O3. The zero-order chi connectivity index (χ0) is 31.8. The summed E-state index contributed by atoms with van der Waals surface area (Å²) in [6, 6.07) is 15.9. The maximum absolute atomic E-state index is 9.86. The van der Waals surface area contributed by atoms with E-state index in [1.165, 1.54) is 10.7 Å². The number of hydrogen-bond donors (Lipinski definition) is 1. The number of likely N-dealkylation sites (tertiary alicyclic amines) is 1. The lowest BCUT2D eigenvalue weighted by Gasteiger charge is -2.49. The predicted octanol–water partition coefficient (Wildman–Crippen LogP) is 5.07. The van der Waals surface area contributed by atoms with Crippen LogP contribution in [0.15, 0.2) is 42.6 Å². The Morgan fingerprint density at radius 2 is 1.87 bits per heavy atom. The van der Waals surface area contributed by atoms with Crippen LogP contribution in [0.1, 0.15) is 49.4 Å². The molecule has 0 bridgehead atoms.